The van der Waals surface area contributed by atoms with Gasteiger partial charge < -0.3 is 18.9 Å². The van der Waals surface area contributed by atoms with E-state index < -0.39 is 0 Å². The lowest BCUT2D eigenvalue weighted by Crippen LogP contribution is -2.04. The van der Waals surface area contributed by atoms with Crippen molar-refractivity contribution in [1.29, 1.82) is 0 Å². The molecule has 0 atom stereocenters. The van der Waals surface area contributed by atoms with Crippen LogP contribution in [0.15, 0.2) is 18.2 Å². The van der Waals surface area contributed by atoms with Gasteiger partial charge in [-0.25, -0.2) is 4.79 Å². The Hall–Kier alpha value is -2.17. The maximum atomic E-state index is 11.7. The molecule has 22 heavy (non-hydrogen) atoms. The normalized spacial score (nSPS) is 10.8. The molecule has 5 heteroatoms. The van der Waals surface area contributed by atoms with Crippen LogP contribution in [0.5, 0.6) is 17.2 Å². The Kier molecular flexibility index (Phi) is 7.29. The molecule has 0 aliphatic carbocycles. The van der Waals surface area contributed by atoms with E-state index in [4.69, 9.17) is 18.9 Å². The van der Waals surface area contributed by atoms with Crippen molar-refractivity contribution in [3.8, 4) is 17.2 Å². The zero-order chi connectivity index (χ0) is 16.5. The molecule has 0 saturated carbocycles. The van der Waals surface area contributed by atoms with Gasteiger partial charge in [-0.3, -0.25) is 0 Å². The van der Waals surface area contributed by atoms with Gasteiger partial charge in [0.15, 0.2) is 11.5 Å². The van der Waals surface area contributed by atoms with E-state index in [1.807, 2.05) is 0 Å². The van der Waals surface area contributed by atoms with Crippen LogP contribution < -0.4 is 14.2 Å². The molecule has 0 unspecified atom stereocenters. The van der Waals surface area contributed by atoms with Crippen molar-refractivity contribution >= 4 is 12.0 Å². The number of benzene rings is 1. The third kappa shape index (κ3) is 4.98. The van der Waals surface area contributed by atoms with Gasteiger partial charge in [0.1, 0.15) is 0 Å². The molecule has 0 radical (unpaired) electrons. The Morgan fingerprint density at radius 1 is 1.09 bits per heavy atom. The monoisotopic (exact) mass is 308 g/mol. The van der Waals surface area contributed by atoms with Gasteiger partial charge in [0.05, 0.1) is 27.9 Å². The Bertz CT molecular complexity index is 520. The lowest BCUT2D eigenvalue weighted by atomic mass is 10.1. The summed E-state index contributed by atoms with van der Waals surface area (Å²) in [6, 6.07) is 3.54. The van der Waals surface area contributed by atoms with E-state index in [9.17, 15) is 4.79 Å². The molecular weight excluding hydrogens is 284 g/mol. The smallest absolute Gasteiger partial charge is 0.330 e. The van der Waals surface area contributed by atoms with Crippen LogP contribution in [0.2, 0.25) is 0 Å². The van der Waals surface area contributed by atoms with Crippen LogP contribution in [0, 0.1) is 5.92 Å². The molecule has 5 nitrogen and oxygen atoms in total. The highest BCUT2D eigenvalue weighted by Gasteiger charge is 2.14. The summed E-state index contributed by atoms with van der Waals surface area (Å²) in [6.45, 7) is 4.58. The summed E-state index contributed by atoms with van der Waals surface area (Å²) >= 11 is 0. The Balaban J connectivity index is 2.84. The number of rotatable bonds is 8. The van der Waals surface area contributed by atoms with E-state index in [0.29, 0.717) is 35.3 Å². The van der Waals surface area contributed by atoms with E-state index in [0.717, 1.165) is 6.42 Å². The van der Waals surface area contributed by atoms with E-state index >= 15 is 0 Å². The van der Waals surface area contributed by atoms with Crippen LogP contribution >= 0.6 is 0 Å². The molecule has 0 N–H and O–H groups in total. The van der Waals surface area contributed by atoms with Crippen LogP contribution in [0.3, 0.4) is 0 Å². The summed E-state index contributed by atoms with van der Waals surface area (Å²) in [5.74, 6) is 1.68. The molecule has 0 bridgehead atoms. The summed E-state index contributed by atoms with van der Waals surface area (Å²) in [7, 11) is 4.63. The first-order valence-corrected chi connectivity index (χ1v) is 7.17. The zero-order valence-electron chi connectivity index (χ0n) is 13.8. The third-order valence-electron chi connectivity index (χ3n) is 3.07. The maximum Gasteiger partial charge on any atom is 0.330 e. The Morgan fingerprint density at radius 2 is 1.77 bits per heavy atom. The molecule has 0 aromatic heterocycles. The number of esters is 1. The molecule has 0 saturated heterocycles. The van der Waals surface area contributed by atoms with E-state index in [-0.39, 0.29) is 5.97 Å². The quantitative estimate of drug-likeness (QED) is 0.545. The lowest BCUT2D eigenvalue weighted by Gasteiger charge is -2.13. The fourth-order valence-corrected chi connectivity index (χ4v) is 1.86. The second-order valence-electron chi connectivity index (χ2n) is 5.11. The minimum Gasteiger partial charge on any atom is -0.493 e. The van der Waals surface area contributed by atoms with Crippen LogP contribution in [0.1, 0.15) is 25.8 Å². The van der Waals surface area contributed by atoms with Gasteiger partial charge in [-0.05, 0) is 30.5 Å². The molecule has 0 aliphatic heterocycles. The highest BCUT2D eigenvalue weighted by molar-refractivity contribution is 5.88. The van der Waals surface area contributed by atoms with Crippen molar-refractivity contribution in [1.82, 2.24) is 0 Å². The molecule has 1 aromatic carbocycles. The average molecular weight is 308 g/mol. The molecule has 1 aromatic rings. The highest BCUT2D eigenvalue weighted by Crippen LogP contribution is 2.40. The van der Waals surface area contributed by atoms with Gasteiger partial charge in [-0.1, -0.05) is 13.8 Å². The molecule has 0 amide bonds. The number of carbonyl (C=O) groups is 1. The summed E-state index contributed by atoms with van der Waals surface area (Å²) in [5, 5.41) is 0. The Morgan fingerprint density at radius 3 is 2.32 bits per heavy atom. The fourth-order valence-electron chi connectivity index (χ4n) is 1.86. The fraction of sp³-hybridized carbons (Fsp3) is 0.471. The number of carbonyl (C=O) groups excluding carboxylic acids is 1. The van der Waals surface area contributed by atoms with Crippen molar-refractivity contribution in [3.05, 3.63) is 23.8 Å². The number of ether oxygens (including phenoxy) is 4. The first-order chi connectivity index (χ1) is 10.5. The van der Waals surface area contributed by atoms with Gasteiger partial charge in [-0.15, -0.1) is 0 Å². The van der Waals surface area contributed by atoms with Crippen molar-refractivity contribution in [2.45, 2.75) is 20.3 Å². The summed E-state index contributed by atoms with van der Waals surface area (Å²) in [6.07, 6.45) is 3.86. The van der Waals surface area contributed by atoms with E-state index in [1.54, 1.807) is 25.3 Å². The second-order valence-corrected chi connectivity index (χ2v) is 5.11. The predicted molar refractivity (Wildman–Crippen MR) is 85.5 cm³/mol. The summed E-state index contributed by atoms with van der Waals surface area (Å²) in [5.41, 5.74) is 0.709. The number of hydrogen-bond acceptors (Lipinski definition) is 5. The zero-order valence-corrected chi connectivity index (χ0v) is 13.8. The number of methoxy groups -OCH3 is 3. The topological polar surface area (TPSA) is 54.0 Å². The van der Waals surface area contributed by atoms with Gasteiger partial charge in [0, 0.05) is 11.6 Å². The summed E-state index contributed by atoms with van der Waals surface area (Å²) < 4.78 is 21.0. The minimum atomic E-state index is -0.377. The van der Waals surface area contributed by atoms with Gasteiger partial charge in [-0.2, -0.15) is 0 Å². The molecule has 122 valence electrons. The second kappa shape index (κ2) is 8.97. The van der Waals surface area contributed by atoms with Crippen molar-refractivity contribution in [2.75, 3.05) is 27.9 Å². The molecule has 0 spiro atoms. The lowest BCUT2D eigenvalue weighted by molar-refractivity contribution is -0.137. The third-order valence-corrected chi connectivity index (χ3v) is 3.07. The Labute approximate surface area is 131 Å². The first-order valence-electron chi connectivity index (χ1n) is 7.17. The maximum absolute atomic E-state index is 11.7. The van der Waals surface area contributed by atoms with Crippen molar-refractivity contribution in [3.63, 3.8) is 0 Å². The number of hydrogen-bond donors (Lipinski definition) is 0. The van der Waals surface area contributed by atoms with Crippen molar-refractivity contribution in [2.24, 2.45) is 5.92 Å². The summed E-state index contributed by atoms with van der Waals surface area (Å²) in [4.78, 5) is 11.7. The van der Waals surface area contributed by atoms with Crippen molar-refractivity contribution < 1.29 is 23.7 Å². The van der Waals surface area contributed by atoms with Gasteiger partial charge >= 0.3 is 5.97 Å². The van der Waals surface area contributed by atoms with Gasteiger partial charge in [0.25, 0.3) is 0 Å². The molecule has 1 rings (SSSR count). The van der Waals surface area contributed by atoms with Crippen LogP contribution in [-0.4, -0.2) is 33.9 Å². The minimum absolute atomic E-state index is 0.377. The van der Waals surface area contributed by atoms with E-state index in [1.165, 1.54) is 20.3 Å². The molecule has 0 fully saturated rings. The molecule has 0 heterocycles. The predicted octanol–water partition coefficient (Wildman–Crippen LogP) is 3.31. The van der Waals surface area contributed by atoms with Crippen LogP contribution in [-0.2, 0) is 9.53 Å². The highest BCUT2D eigenvalue weighted by atomic mass is 16.5. The van der Waals surface area contributed by atoms with E-state index in [2.05, 4.69) is 13.8 Å². The first kappa shape index (κ1) is 17.9. The SMILES string of the molecule is COc1ccc(C=CC(=O)OCCC(C)C)c(OC)c1OC. The molecular formula is C17H24O5. The van der Waals surface area contributed by atoms with Crippen LogP contribution in [0.4, 0.5) is 0 Å². The average Bonchev–Trinajstić information content (AvgIpc) is 2.51. The van der Waals surface area contributed by atoms with Gasteiger partial charge in [0.2, 0.25) is 5.75 Å². The standard InChI is InChI=1S/C17H24O5/c1-12(2)10-11-22-15(18)9-7-13-6-8-14(19-3)17(21-5)16(13)20-4/h6-9,12H,10-11H2,1-5H3. The van der Waals surface area contributed by atoms with Crippen LogP contribution in [0.25, 0.3) is 6.08 Å². The molecule has 0 aliphatic rings. The largest absolute Gasteiger partial charge is 0.493 e.